The van der Waals surface area contributed by atoms with Crippen molar-refractivity contribution in [2.45, 2.75) is 39.7 Å². The Hall–Kier alpha value is -1.07. The van der Waals surface area contributed by atoms with Crippen molar-refractivity contribution < 1.29 is 4.79 Å². The number of fused-ring (bicyclic) bond motifs is 1. The Morgan fingerprint density at radius 1 is 1.38 bits per heavy atom. The summed E-state index contributed by atoms with van der Waals surface area (Å²) in [6, 6.07) is 6.55. The van der Waals surface area contributed by atoms with Gasteiger partial charge in [0.2, 0.25) is 5.91 Å². The number of benzene rings is 1. The van der Waals surface area contributed by atoms with Crippen molar-refractivity contribution in [3.63, 3.8) is 0 Å². The second kappa shape index (κ2) is 7.80. The Morgan fingerprint density at radius 2 is 2.19 bits per heavy atom. The number of thioether (sulfide) groups is 1. The normalized spacial score (nSPS) is 12.2. The first-order valence-electron chi connectivity index (χ1n) is 7.38. The molecule has 1 aromatic carbocycles. The van der Waals surface area contributed by atoms with Crippen LogP contribution in [0.25, 0.3) is 10.2 Å². The molecule has 114 valence electrons. The zero-order valence-electron chi connectivity index (χ0n) is 12.9. The molecule has 1 amide bonds. The Morgan fingerprint density at radius 3 is 2.86 bits per heavy atom. The molecule has 0 aliphatic carbocycles. The fraction of sp³-hybridized carbons (Fsp3) is 0.500. The Kier molecular flexibility index (Phi) is 6.06. The van der Waals surface area contributed by atoms with Gasteiger partial charge in [-0.3, -0.25) is 4.79 Å². The van der Waals surface area contributed by atoms with Crippen LogP contribution in [-0.2, 0) is 17.8 Å². The van der Waals surface area contributed by atoms with E-state index in [2.05, 4.69) is 40.9 Å². The summed E-state index contributed by atoms with van der Waals surface area (Å²) >= 11 is 3.44. The summed E-state index contributed by atoms with van der Waals surface area (Å²) < 4.78 is 3.40. The number of carbonyl (C=O) groups is 1. The molecule has 0 radical (unpaired) electrons. The van der Waals surface area contributed by atoms with Crippen LogP contribution in [0.2, 0.25) is 0 Å². The van der Waals surface area contributed by atoms with Gasteiger partial charge in [0.05, 0.1) is 10.2 Å². The third-order valence-electron chi connectivity index (χ3n) is 3.36. The highest BCUT2D eigenvalue weighted by molar-refractivity contribution is 7.98. The van der Waals surface area contributed by atoms with E-state index in [9.17, 15) is 4.79 Å². The van der Waals surface area contributed by atoms with E-state index < -0.39 is 0 Å². The van der Waals surface area contributed by atoms with Crippen LogP contribution in [0.5, 0.6) is 0 Å². The molecule has 2 aromatic rings. The van der Waals surface area contributed by atoms with Crippen LogP contribution in [0.15, 0.2) is 23.2 Å². The minimum Gasteiger partial charge on any atom is -0.316 e. The second-order valence-electron chi connectivity index (χ2n) is 4.94. The highest BCUT2D eigenvalue weighted by Gasteiger charge is 2.08. The molecule has 0 aliphatic rings. The number of thiazole rings is 1. The van der Waals surface area contributed by atoms with E-state index in [0.717, 1.165) is 29.9 Å². The molecule has 3 nitrogen and oxygen atoms in total. The molecule has 1 aromatic heterocycles. The first-order chi connectivity index (χ1) is 10.2. The molecule has 0 bridgehead atoms. The van der Waals surface area contributed by atoms with Gasteiger partial charge in [-0.15, -0.1) is 0 Å². The van der Waals surface area contributed by atoms with Crippen LogP contribution in [0.1, 0.15) is 32.3 Å². The molecule has 0 N–H and O–H groups in total. The van der Waals surface area contributed by atoms with E-state index >= 15 is 0 Å². The van der Waals surface area contributed by atoms with Crippen LogP contribution < -0.4 is 4.80 Å². The SMILES string of the molecule is CCCC(=O)N=c1sc2cc(CC)ccc2n1CCSC. The van der Waals surface area contributed by atoms with E-state index in [4.69, 9.17) is 0 Å². The number of aromatic nitrogens is 1. The predicted octanol–water partition coefficient (Wildman–Crippen LogP) is 3.86. The summed E-state index contributed by atoms with van der Waals surface area (Å²) in [5.74, 6) is 1.01. The molecule has 0 atom stereocenters. The summed E-state index contributed by atoms with van der Waals surface area (Å²) in [5, 5.41) is 0. The number of rotatable bonds is 6. The lowest BCUT2D eigenvalue weighted by atomic mass is 10.2. The zero-order chi connectivity index (χ0) is 15.2. The second-order valence-corrected chi connectivity index (χ2v) is 6.93. The van der Waals surface area contributed by atoms with Crippen LogP contribution in [0, 0.1) is 0 Å². The Bertz CT molecular complexity index is 685. The average molecular weight is 322 g/mol. The summed E-state index contributed by atoms with van der Waals surface area (Å²) in [4.78, 5) is 17.0. The number of carbonyl (C=O) groups excluding carboxylic acids is 1. The topological polar surface area (TPSA) is 34.4 Å². The number of nitrogens with zero attached hydrogens (tertiary/aromatic N) is 2. The van der Waals surface area contributed by atoms with Crippen molar-refractivity contribution in [1.29, 1.82) is 0 Å². The quantitative estimate of drug-likeness (QED) is 0.809. The summed E-state index contributed by atoms with van der Waals surface area (Å²) in [7, 11) is 0. The van der Waals surface area contributed by atoms with E-state index in [-0.39, 0.29) is 5.91 Å². The highest BCUT2D eigenvalue weighted by atomic mass is 32.2. The lowest BCUT2D eigenvalue weighted by Gasteiger charge is -2.04. The van der Waals surface area contributed by atoms with Gasteiger partial charge in [0.25, 0.3) is 0 Å². The molecular weight excluding hydrogens is 300 g/mol. The van der Waals surface area contributed by atoms with Crippen molar-refractivity contribution >= 4 is 39.2 Å². The first kappa shape index (κ1) is 16.3. The van der Waals surface area contributed by atoms with Gasteiger partial charge in [-0.2, -0.15) is 16.8 Å². The van der Waals surface area contributed by atoms with Gasteiger partial charge in [-0.05, 0) is 36.8 Å². The zero-order valence-corrected chi connectivity index (χ0v) is 14.5. The summed E-state index contributed by atoms with van der Waals surface area (Å²) in [6.07, 6.45) is 4.50. The average Bonchev–Trinajstić information content (AvgIpc) is 2.81. The maximum atomic E-state index is 11.9. The third-order valence-corrected chi connectivity index (χ3v) is 4.99. The fourth-order valence-electron chi connectivity index (χ4n) is 2.20. The first-order valence-corrected chi connectivity index (χ1v) is 9.59. The lowest BCUT2D eigenvalue weighted by molar-refractivity contribution is -0.118. The molecule has 0 spiro atoms. The maximum absolute atomic E-state index is 11.9. The monoisotopic (exact) mass is 322 g/mol. The van der Waals surface area contributed by atoms with Crippen LogP contribution >= 0.6 is 23.1 Å². The Labute approximate surface area is 134 Å². The predicted molar refractivity (Wildman–Crippen MR) is 93.1 cm³/mol. The van der Waals surface area contributed by atoms with Crippen molar-refractivity contribution in [3.05, 3.63) is 28.6 Å². The summed E-state index contributed by atoms with van der Waals surface area (Å²) in [5.41, 5.74) is 2.52. The van der Waals surface area contributed by atoms with Crippen LogP contribution in [0.4, 0.5) is 0 Å². The van der Waals surface area contributed by atoms with Crippen molar-refractivity contribution in [1.82, 2.24) is 4.57 Å². The van der Waals surface area contributed by atoms with Gasteiger partial charge in [-0.1, -0.05) is 31.3 Å². The maximum Gasteiger partial charge on any atom is 0.248 e. The molecule has 21 heavy (non-hydrogen) atoms. The lowest BCUT2D eigenvalue weighted by Crippen LogP contribution is -2.18. The number of hydrogen-bond acceptors (Lipinski definition) is 3. The van der Waals surface area contributed by atoms with Gasteiger partial charge < -0.3 is 4.57 Å². The van der Waals surface area contributed by atoms with E-state index in [1.807, 2.05) is 18.7 Å². The van der Waals surface area contributed by atoms with Gasteiger partial charge in [0.15, 0.2) is 4.80 Å². The van der Waals surface area contributed by atoms with E-state index in [0.29, 0.717) is 6.42 Å². The molecule has 5 heteroatoms. The molecule has 0 fully saturated rings. The van der Waals surface area contributed by atoms with E-state index in [1.54, 1.807) is 11.3 Å². The molecule has 0 saturated carbocycles. The van der Waals surface area contributed by atoms with Crippen molar-refractivity contribution in [2.75, 3.05) is 12.0 Å². The van der Waals surface area contributed by atoms with Crippen LogP contribution in [0.3, 0.4) is 0 Å². The third kappa shape index (κ3) is 3.98. The fourth-order valence-corrected chi connectivity index (χ4v) is 3.70. The smallest absolute Gasteiger partial charge is 0.248 e. The van der Waals surface area contributed by atoms with Crippen molar-refractivity contribution in [3.8, 4) is 0 Å². The minimum atomic E-state index is -0.0160. The standard InChI is InChI=1S/C16H22N2OS2/c1-4-6-15(19)17-16-18(9-10-20-3)13-8-7-12(5-2)11-14(13)21-16/h7-8,11H,4-6,9-10H2,1-3H3. The molecule has 0 aliphatic heterocycles. The Balaban J connectivity index is 2.53. The molecule has 2 rings (SSSR count). The number of amides is 1. The number of aryl methyl sites for hydroxylation is 2. The minimum absolute atomic E-state index is 0.0160. The van der Waals surface area contributed by atoms with Gasteiger partial charge >= 0.3 is 0 Å². The molecule has 1 heterocycles. The van der Waals surface area contributed by atoms with Gasteiger partial charge in [-0.25, -0.2) is 0 Å². The van der Waals surface area contributed by atoms with Gasteiger partial charge in [0, 0.05) is 18.7 Å². The highest BCUT2D eigenvalue weighted by Crippen LogP contribution is 2.20. The molecular formula is C16H22N2OS2. The molecule has 0 unspecified atom stereocenters. The van der Waals surface area contributed by atoms with E-state index in [1.165, 1.54) is 15.8 Å². The van der Waals surface area contributed by atoms with Gasteiger partial charge in [0.1, 0.15) is 0 Å². The van der Waals surface area contributed by atoms with Crippen LogP contribution in [-0.4, -0.2) is 22.5 Å². The van der Waals surface area contributed by atoms with Crippen molar-refractivity contribution in [2.24, 2.45) is 4.99 Å². The number of hydrogen-bond donors (Lipinski definition) is 0. The largest absolute Gasteiger partial charge is 0.316 e. The molecule has 0 saturated heterocycles. The summed E-state index contributed by atoms with van der Waals surface area (Å²) in [6.45, 7) is 5.06.